The van der Waals surface area contributed by atoms with E-state index < -0.39 is 29.0 Å². The van der Waals surface area contributed by atoms with Crippen LogP contribution in [-0.4, -0.2) is 38.7 Å². The molecule has 0 aliphatic heterocycles. The molecule has 1 aromatic heterocycles. The number of primary amides is 1. The van der Waals surface area contributed by atoms with Crippen LogP contribution in [0.1, 0.15) is 78.1 Å². The van der Waals surface area contributed by atoms with Gasteiger partial charge in [0.25, 0.3) is 5.91 Å². The van der Waals surface area contributed by atoms with Crippen molar-refractivity contribution in [1.29, 1.82) is 0 Å². The van der Waals surface area contributed by atoms with Gasteiger partial charge in [-0.2, -0.15) is 18.3 Å². The maximum Gasteiger partial charge on any atom is 0.435 e. The van der Waals surface area contributed by atoms with E-state index >= 15 is 0 Å². The molecule has 1 heterocycles. The van der Waals surface area contributed by atoms with Crippen LogP contribution in [0.4, 0.5) is 18.9 Å². The van der Waals surface area contributed by atoms with Crippen molar-refractivity contribution in [3.8, 4) is 5.69 Å². The van der Waals surface area contributed by atoms with Gasteiger partial charge in [-0.15, -0.1) is 0 Å². The molecule has 0 bridgehead atoms. The second-order valence-corrected chi connectivity index (χ2v) is 9.76. The van der Waals surface area contributed by atoms with Gasteiger partial charge >= 0.3 is 6.18 Å². The molecule has 0 radical (unpaired) electrons. The first-order valence-electron chi connectivity index (χ1n) is 11.0. The fourth-order valence-corrected chi connectivity index (χ4v) is 4.80. The summed E-state index contributed by atoms with van der Waals surface area (Å²) < 4.78 is 42.4. The number of hydrogen-bond acceptors (Lipinski definition) is 5. The lowest BCUT2D eigenvalue weighted by Crippen LogP contribution is -2.29. The molecule has 2 aliphatic rings. The number of aliphatic hydroxyl groups excluding tert-OH is 1. The Labute approximate surface area is 189 Å². The van der Waals surface area contributed by atoms with Gasteiger partial charge in [0, 0.05) is 18.2 Å². The molecule has 1 amide bonds. The zero-order valence-electron chi connectivity index (χ0n) is 18.5. The average Bonchev–Trinajstić information content (AvgIpc) is 3.08. The Balaban J connectivity index is 1.81. The molecule has 1 fully saturated rings. The number of ketones is 1. The van der Waals surface area contributed by atoms with Crippen LogP contribution in [0.5, 0.6) is 0 Å². The number of carbonyl (C=O) groups excluding carboxylic acids is 2. The van der Waals surface area contributed by atoms with E-state index in [1.54, 1.807) is 6.07 Å². The summed E-state index contributed by atoms with van der Waals surface area (Å²) in [6.07, 6.45) is -2.28. The molecule has 2 aliphatic carbocycles. The summed E-state index contributed by atoms with van der Waals surface area (Å²) >= 11 is 0. The first-order valence-corrected chi connectivity index (χ1v) is 11.0. The number of aliphatic hydroxyl groups is 1. The molecule has 2 aromatic rings. The van der Waals surface area contributed by atoms with Crippen LogP contribution in [-0.2, 0) is 12.6 Å². The molecule has 0 atom stereocenters. The summed E-state index contributed by atoms with van der Waals surface area (Å²) in [6.45, 7) is 3.66. The van der Waals surface area contributed by atoms with E-state index in [1.165, 1.54) is 12.1 Å². The lowest BCUT2D eigenvalue weighted by molar-refractivity contribution is -0.141. The Kier molecular flexibility index (Phi) is 5.76. The van der Waals surface area contributed by atoms with E-state index in [-0.39, 0.29) is 41.8 Å². The predicted molar refractivity (Wildman–Crippen MR) is 115 cm³/mol. The van der Waals surface area contributed by atoms with E-state index in [1.807, 2.05) is 13.8 Å². The Morgan fingerprint density at radius 1 is 1.21 bits per heavy atom. The van der Waals surface area contributed by atoms with Gasteiger partial charge in [0.05, 0.1) is 28.6 Å². The molecule has 178 valence electrons. The third-order valence-electron chi connectivity index (χ3n) is 6.38. The van der Waals surface area contributed by atoms with Crippen LogP contribution in [0.3, 0.4) is 0 Å². The highest BCUT2D eigenvalue weighted by molar-refractivity contribution is 6.00. The summed E-state index contributed by atoms with van der Waals surface area (Å²) in [5.41, 5.74) is 4.55. The summed E-state index contributed by atoms with van der Waals surface area (Å²) in [6, 6.07) is 4.47. The SMILES string of the molecule is CC1(C)CC(=O)c2c(C(F)(F)F)nn(-c3ccc(C(N)=O)c(N[C@H]4CC[C@@H](O)CC4)c3)c2C1. The zero-order chi connectivity index (χ0) is 24.1. The van der Waals surface area contributed by atoms with Gasteiger partial charge in [-0.1, -0.05) is 13.8 Å². The van der Waals surface area contributed by atoms with Gasteiger partial charge in [-0.05, 0) is 55.7 Å². The minimum absolute atomic E-state index is 0.00965. The van der Waals surface area contributed by atoms with E-state index in [9.17, 15) is 27.9 Å². The Hall–Kier alpha value is -2.88. The molecule has 0 saturated heterocycles. The van der Waals surface area contributed by atoms with Crippen LogP contribution >= 0.6 is 0 Å². The van der Waals surface area contributed by atoms with E-state index in [2.05, 4.69) is 10.4 Å². The summed E-state index contributed by atoms with van der Waals surface area (Å²) in [7, 11) is 0. The Morgan fingerprint density at radius 3 is 2.48 bits per heavy atom. The van der Waals surface area contributed by atoms with Crippen molar-refractivity contribution in [1.82, 2.24) is 9.78 Å². The average molecular weight is 464 g/mol. The van der Waals surface area contributed by atoms with Gasteiger partial charge in [-0.3, -0.25) is 9.59 Å². The standard InChI is InChI=1S/C23H27F3N4O3/c1-22(2)10-17-19(18(32)11-22)20(23(24,25)26)29-30(17)13-5-8-15(21(27)33)16(9-13)28-12-3-6-14(31)7-4-12/h5,8-9,12,14,28,31H,3-4,6-7,10-11H2,1-2H3,(H2,27,33)/t12-,14+. The van der Waals surface area contributed by atoms with Crippen molar-refractivity contribution in [2.75, 3.05) is 5.32 Å². The number of carbonyl (C=O) groups is 2. The van der Waals surface area contributed by atoms with Gasteiger partial charge < -0.3 is 16.2 Å². The highest BCUT2D eigenvalue weighted by atomic mass is 19.4. The third-order valence-corrected chi connectivity index (χ3v) is 6.38. The largest absolute Gasteiger partial charge is 0.435 e. The number of hydrogen-bond donors (Lipinski definition) is 3. The van der Waals surface area contributed by atoms with Crippen molar-refractivity contribution in [2.24, 2.45) is 11.1 Å². The van der Waals surface area contributed by atoms with E-state index in [4.69, 9.17) is 5.73 Å². The third kappa shape index (κ3) is 4.62. The molecule has 4 N–H and O–H groups in total. The molecule has 33 heavy (non-hydrogen) atoms. The molecule has 10 heteroatoms. The Morgan fingerprint density at radius 2 is 1.88 bits per heavy atom. The molecule has 0 unspecified atom stereocenters. The number of fused-ring (bicyclic) bond motifs is 1. The van der Waals surface area contributed by atoms with Crippen molar-refractivity contribution in [2.45, 2.75) is 70.7 Å². The second-order valence-electron chi connectivity index (χ2n) is 9.76. The minimum Gasteiger partial charge on any atom is -0.393 e. The first kappa shape index (κ1) is 23.3. The number of nitrogens with two attached hydrogens (primary N) is 1. The normalized spacial score (nSPS) is 22.7. The molecule has 1 saturated carbocycles. The fourth-order valence-electron chi connectivity index (χ4n) is 4.80. The lowest BCUT2D eigenvalue weighted by atomic mass is 9.75. The highest BCUT2D eigenvalue weighted by Crippen LogP contribution is 2.42. The smallest absolute Gasteiger partial charge is 0.393 e. The van der Waals surface area contributed by atoms with Gasteiger partial charge in [0.2, 0.25) is 0 Å². The zero-order valence-corrected chi connectivity index (χ0v) is 18.5. The summed E-state index contributed by atoms with van der Waals surface area (Å²) in [5.74, 6) is -1.25. The van der Waals surface area contributed by atoms with Crippen molar-refractivity contribution >= 4 is 17.4 Å². The maximum atomic E-state index is 13.7. The number of amides is 1. The number of nitrogens with one attached hydrogen (secondary N) is 1. The summed E-state index contributed by atoms with van der Waals surface area (Å²) in [5, 5.41) is 16.8. The number of alkyl halides is 3. The quantitative estimate of drug-likeness (QED) is 0.637. The fraction of sp³-hybridized carbons (Fsp3) is 0.522. The van der Waals surface area contributed by atoms with Gasteiger partial charge in [-0.25, -0.2) is 4.68 Å². The summed E-state index contributed by atoms with van der Waals surface area (Å²) in [4.78, 5) is 24.7. The number of Topliss-reactive ketones (excluding diaryl/α,β-unsaturated/α-hetero) is 1. The molecular formula is C23H27F3N4O3. The van der Waals surface area contributed by atoms with Crippen LogP contribution < -0.4 is 11.1 Å². The second kappa shape index (κ2) is 8.16. The van der Waals surface area contributed by atoms with Gasteiger partial charge in [0.15, 0.2) is 11.5 Å². The maximum absolute atomic E-state index is 13.7. The lowest BCUT2D eigenvalue weighted by Gasteiger charge is -2.29. The van der Waals surface area contributed by atoms with Crippen LogP contribution in [0.15, 0.2) is 18.2 Å². The van der Waals surface area contributed by atoms with Gasteiger partial charge in [0.1, 0.15) is 0 Å². The first-order chi connectivity index (χ1) is 15.4. The van der Waals surface area contributed by atoms with Crippen LogP contribution in [0.2, 0.25) is 0 Å². The Bertz CT molecular complexity index is 1100. The monoisotopic (exact) mass is 464 g/mol. The van der Waals surface area contributed by atoms with E-state index in [0.29, 0.717) is 37.1 Å². The van der Waals surface area contributed by atoms with Crippen LogP contribution in [0, 0.1) is 5.41 Å². The number of rotatable bonds is 4. The number of benzene rings is 1. The molecule has 4 rings (SSSR count). The van der Waals surface area contributed by atoms with Crippen LogP contribution in [0.25, 0.3) is 5.69 Å². The highest BCUT2D eigenvalue weighted by Gasteiger charge is 2.45. The molecule has 1 aromatic carbocycles. The number of anilines is 1. The number of halogens is 3. The van der Waals surface area contributed by atoms with E-state index in [0.717, 1.165) is 4.68 Å². The molecule has 0 spiro atoms. The molecular weight excluding hydrogens is 437 g/mol. The topological polar surface area (TPSA) is 110 Å². The number of nitrogens with zero attached hydrogens (tertiary/aromatic N) is 2. The number of aromatic nitrogens is 2. The van der Waals surface area contributed by atoms with Crippen molar-refractivity contribution < 1.29 is 27.9 Å². The molecule has 7 nitrogen and oxygen atoms in total. The van der Waals surface area contributed by atoms with Crippen molar-refractivity contribution in [3.05, 3.63) is 40.7 Å². The van der Waals surface area contributed by atoms with Crippen molar-refractivity contribution in [3.63, 3.8) is 0 Å². The minimum atomic E-state index is -4.77. The predicted octanol–water partition coefficient (Wildman–Crippen LogP) is 3.86.